The van der Waals surface area contributed by atoms with Gasteiger partial charge in [0.2, 0.25) is 11.7 Å². The molecule has 1 aromatic carbocycles. The van der Waals surface area contributed by atoms with E-state index < -0.39 is 11.7 Å². The maximum absolute atomic E-state index is 13.8. The van der Waals surface area contributed by atoms with Crippen LogP contribution in [0, 0.1) is 6.92 Å². The van der Waals surface area contributed by atoms with Crippen molar-refractivity contribution in [3.8, 4) is 0 Å². The highest BCUT2D eigenvalue weighted by atomic mass is 35.5. The average molecular weight is 262 g/mol. The largest absolute Gasteiger partial charge is 0.399 e. The lowest BCUT2D eigenvalue weighted by atomic mass is 10.1. The van der Waals surface area contributed by atoms with Gasteiger partial charge >= 0.3 is 5.92 Å². The monoisotopic (exact) mass is 261 g/mol. The molecule has 0 saturated heterocycles. The SMILES string of the molecule is Cc1nc(C(F)(F)c2ccc(N)cc2)no1.Cl. The smallest absolute Gasteiger partial charge is 0.335 e. The van der Waals surface area contributed by atoms with Crippen LogP contribution in [0.15, 0.2) is 28.8 Å². The number of anilines is 1. The van der Waals surface area contributed by atoms with E-state index in [-0.39, 0.29) is 23.9 Å². The molecule has 92 valence electrons. The number of alkyl halides is 2. The van der Waals surface area contributed by atoms with E-state index in [0.717, 1.165) is 0 Å². The van der Waals surface area contributed by atoms with Gasteiger partial charge in [0.05, 0.1) is 0 Å². The van der Waals surface area contributed by atoms with Crippen molar-refractivity contribution in [3.63, 3.8) is 0 Å². The first-order valence-corrected chi connectivity index (χ1v) is 4.55. The fraction of sp³-hybridized carbons (Fsp3) is 0.200. The standard InChI is InChI=1S/C10H9F2N3O.ClH/c1-6-14-9(15-16-6)10(11,12)7-2-4-8(13)5-3-7;/h2-5H,13H2,1H3;1H. The quantitative estimate of drug-likeness (QED) is 0.844. The number of benzene rings is 1. The van der Waals surface area contributed by atoms with Crippen LogP contribution in [-0.4, -0.2) is 10.1 Å². The Kier molecular flexibility index (Phi) is 3.67. The lowest BCUT2D eigenvalue weighted by molar-refractivity contribution is 0.0305. The van der Waals surface area contributed by atoms with Gasteiger partial charge in [0, 0.05) is 18.2 Å². The van der Waals surface area contributed by atoms with Crippen LogP contribution in [0.4, 0.5) is 14.5 Å². The molecule has 0 saturated carbocycles. The molecule has 0 aliphatic heterocycles. The maximum atomic E-state index is 13.8. The lowest BCUT2D eigenvalue weighted by Crippen LogP contribution is -2.17. The molecule has 0 unspecified atom stereocenters. The molecule has 4 nitrogen and oxygen atoms in total. The molecule has 0 spiro atoms. The Morgan fingerprint density at radius 2 is 1.82 bits per heavy atom. The van der Waals surface area contributed by atoms with Crippen molar-refractivity contribution in [1.82, 2.24) is 10.1 Å². The average Bonchev–Trinajstić information content (AvgIpc) is 2.66. The van der Waals surface area contributed by atoms with Crippen LogP contribution < -0.4 is 5.73 Å². The predicted octanol–water partition coefficient (Wildman–Crippen LogP) is 2.52. The summed E-state index contributed by atoms with van der Waals surface area (Å²) in [5.41, 5.74) is 5.62. The highest BCUT2D eigenvalue weighted by Crippen LogP contribution is 2.33. The summed E-state index contributed by atoms with van der Waals surface area (Å²) >= 11 is 0. The number of halogens is 3. The molecule has 2 aromatic rings. The minimum absolute atomic E-state index is 0. The summed E-state index contributed by atoms with van der Waals surface area (Å²) in [5.74, 6) is -3.81. The van der Waals surface area contributed by atoms with E-state index in [9.17, 15) is 8.78 Å². The summed E-state index contributed by atoms with van der Waals surface area (Å²) in [5, 5.41) is 3.22. The number of nitrogens with two attached hydrogens (primary N) is 1. The van der Waals surface area contributed by atoms with E-state index in [0.29, 0.717) is 5.69 Å². The normalized spacial score (nSPS) is 11.0. The zero-order valence-corrected chi connectivity index (χ0v) is 9.67. The number of hydrogen-bond acceptors (Lipinski definition) is 4. The first-order valence-electron chi connectivity index (χ1n) is 4.55. The van der Waals surface area contributed by atoms with Gasteiger partial charge in [0.1, 0.15) is 0 Å². The van der Waals surface area contributed by atoms with Crippen molar-refractivity contribution in [1.29, 1.82) is 0 Å². The van der Waals surface area contributed by atoms with E-state index in [1.54, 1.807) is 0 Å². The summed E-state index contributed by atoms with van der Waals surface area (Å²) < 4.78 is 32.1. The molecule has 1 heterocycles. The number of aromatic nitrogens is 2. The first kappa shape index (κ1) is 13.4. The number of hydrogen-bond donors (Lipinski definition) is 1. The summed E-state index contributed by atoms with van der Waals surface area (Å²) in [6, 6.07) is 5.27. The van der Waals surface area contributed by atoms with Crippen molar-refractivity contribution in [2.24, 2.45) is 0 Å². The molecule has 2 N–H and O–H groups in total. The maximum Gasteiger partial charge on any atom is 0.335 e. The van der Waals surface area contributed by atoms with Gasteiger partial charge in [-0.1, -0.05) is 17.3 Å². The van der Waals surface area contributed by atoms with Gasteiger partial charge in [-0.2, -0.15) is 13.8 Å². The Hall–Kier alpha value is -1.69. The van der Waals surface area contributed by atoms with Crippen LogP contribution >= 0.6 is 12.4 Å². The van der Waals surface area contributed by atoms with Crippen molar-refractivity contribution in [3.05, 3.63) is 41.5 Å². The summed E-state index contributed by atoms with van der Waals surface area (Å²) in [7, 11) is 0. The summed E-state index contributed by atoms with van der Waals surface area (Å²) in [6.07, 6.45) is 0. The van der Waals surface area contributed by atoms with Gasteiger partial charge in [-0.25, -0.2) is 0 Å². The fourth-order valence-electron chi connectivity index (χ4n) is 1.25. The van der Waals surface area contributed by atoms with Crippen molar-refractivity contribution < 1.29 is 13.3 Å². The van der Waals surface area contributed by atoms with Gasteiger partial charge in [-0.15, -0.1) is 12.4 Å². The van der Waals surface area contributed by atoms with Crippen LogP contribution in [0.1, 0.15) is 17.3 Å². The van der Waals surface area contributed by atoms with E-state index in [4.69, 9.17) is 5.73 Å². The number of nitrogens with zero attached hydrogens (tertiary/aromatic N) is 2. The van der Waals surface area contributed by atoms with E-state index in [2.05, 4.69) is 14.7 Å². The minimum Gasteiger partial charge on any atom is -0.399 e. The second kappa shape index (κ2) is 4.67. The minimum atomic E-state index is -3.27. The zero-order chi connectivity index (χ0) is 11.8. The Bertz CT molecular complexity index is 499. The Morgan fingerprint density at radius 1 is 1.24 bits per heavy atom. The van der Waals surface area contributed by atoms with E-state index >= 15 is 0 Å². The van der Waals surface area contributed by atoms with Crippen LogP contribution in [0.5, 0.6) is 0 Å². The highest BCUT2D eigenvalue weighted by molar-refractivity contribution is 5.85. The van der Waals surface area contributed by atoms with Crippen molar-refractivity contribution in [2.75, 3.05) is 5.73 Å². The first-order chi connectivity index (χ1) is 7.50. The molecule has 17 heavy (non-hydrogen) atoms. The Balaban J connectivity index is 0.00000144. The molecule has 0 bridgehead atoms. The highest BCUT2D eigenvalue weighted by Gasteiger charge is 2.39. The third-order valence-corrected chi connectivity index (χ3v) is 2.08. The number of rotatable bonds is 2. The molecule has 0 amide bonds. The van der Waals surface area contributed by atoms with Gasteiger partial charge in [-0.3, -0.25) is 0 Å². The third-order valence-electron chi connectivity index (χ3n) is 2.08. The Labute approximate surface area is 102 Å². The van der Waals surface area contributed by atoms with Crippen LogP contribution in [0.3, 0.4) is 0 Å². The number of aryl methyl sites for hydroxylation is 1. The van der Waals surface area contributed by atoms with Crippen molar-refractivity contribution >= 4 is 18.1 Å². The molecule has 0 radical (unpaired) electrons. The van der Waals surface area contributed by atoms with Crippen LogP contribution in [-0.2, 0) is 5.92 Å². The summed E-state index contributed by atoms with van der Waals surface area (Å²) in [6.45, 7) is 1.45. The van der Waals surface area contributed by atoms with E-state index in [1.807, 2.05) is 0 Å². The molecule has 0 aliphatic rings. The van der Waals surface area contributed by atoms with Gasteiger partial charge in [0.15, 0.2) is 0 Å². The fourth-order valence-corrected chi connectivity index (χ4v) is 1.25. The lowest BCUT2D eigenvalue weighted by Gasteiger charge is -2.12. The molecule has 1 aromatic heterocycles. The third kappa shape index (κ3) is 2.52. The molecule has 2 rings (SSSR count). The molecular weight excluding hydrogens is 252 g/mol. The molecule has 0 aliphatic carbocycles. The van der Waals surface area contributed by atoms with Gasteiger partial charge in [-0.05, 0) is 12.1 Å². The van der Waals surface area contributed by atoms with Gasteiger partial charge < -0.3 is 10.3 Å². The predicted molar refractivity (Wildman–Crippen MR) is 60.1 cm³/mol. The van der Waals surface area contributed by atoms with Crippen LogP contribution in [0.2, 0.25) is 0 Å². The van der Waals surface area contributed by atoms with E-state index in [1.165, 1.54) is 31.2 Å². The van der Waals surface area contributed by atoms with Gasteiger partial charge in [0.25, 0.3) is 0 Å². The second-order valence-corrected chi connectivity index (χ2v) is 3.33. The van der Waals surface area contributed by atoms with Crippen LogP contribution in [0.25, 0.3) is 0 Å². The number of nitrogen functional groups attached to an aromatic ring is 1. The Morgan fingerprint density at radius 3 is 2.29 bits per heavy atom. The summed E-state index contributed by atoms with van der Waals surface area (Å²) in [4.78, 5) is 3.52. The second-order valence-electron chi connectivity index (χ2n) is 3.33. The molecule has 0 atom stereocenters. The van der Waals surface area contributed by atoms with Crippen molar-refractivity contribution in [2.45, 2.75) is 12.8 Å². The zero-order valence-electron chi connectivity index (χ0n) is 8.85. The molecule has 0 fully saturated rings. The molecular formula is C10H10ClF2N3O. The topological polar surface area (TPSA) is 64.9 Å². The molecule has 7 heteroatoms.